The molecule has 84 valence electrons. The fraction of sp³-hybridized carbons (Fsp3) is 0.385. The van der Waals surface area contributed by atoms with Gasteiger partial charge in [-0.05, 0) is 43.8 Å². The van der Waals surface area contributed by atoms with Crippen molar-refractivity contribution in [1.29, 1.82) is 0 Å². The molecule has 1 aliphatic carbocycles. The molecule has 0 aromatic heterocycles. The number of hydrogen-bond donors (Lipinski definition) is 1. The fourth-order valence-electron chi connectivity index (χ4n) is 2.29. The van der Waals surface area contributed by atoms with Crippen LogP contribution in [0.15, 0.2) is 35.1 Å². The van der Waals surface area contributed by atoms with Crippen LogP contribution in [-0.4, -0.2) is 11.7 Å². The third-order valence-corrected chi connectivity index (χ3v) is 3.18. The van der Waals surface area contributed by atoms with Crippen molar-refractivity contribution >= 4 is 11.7 Å². The minimum Gasteiger partial charge on any atom is -0.318 e. The highest BCUT2D eigenvalue weighted by molar-refractivity contribution is 6.47. The average molecular weight is 217 g/mol. The number of allylic oxidation sites excluding steroid dienone is 4. The van der Waals surface area contributed by atoms with Crippen LogP contribution < -0.4 is 5.32 Å². The molecule has 0 aromatic carbocycles. The number of hydrogen-bond acceptors (Lipinski definition) is 2. The van der Waals surface area contributed by atoms with Crippen molar-refractivity contribution in [3.8, 4) is 0 Å². The van der Waals surface area contributed by atoms with Crippen LogP contribution in [0.2, 0.25) is 0 Å². The van der Waals surface area contributed by atoms with E-state index < -0.39 is 11.7 Å². The Morgan fingerprint density at radius 3 is 2.50 bits per heavy atom. The van der Waals surface area contributed by atoms with Gasteiger partial charge < -0.3 is 5.32 Å². The minimum atomic E-state index is -0.548. The van der Waals surface area contributed by atoms with Crippen LogP contribution in [0.25, 0.3) is 0 Å². The van der Waals surface area contributed by atoms with Crippen LogP contribution in [0.5, 0.6) is 0 Å². The molecule has 1 N–H and O–H groups in total. The Kier molecular flexibility index (Phi) is 2.77. The lowest BCUT2D eigenvalue weighted by molar-refractivity contribution is -0.133. The Morgan fingerprint density at radius 1 is 1.25 bits per heavy atom. The zero-order valence-electron chi connectivity index (χ0n) is 9.43. The Balaban J connectivity index is 2.44. The molecular formula is C13H15NO2. The van der Waals surface area contributed by atoms with Crippen molar-refractivity contribution in [2.75, 3.05) is 0 Å². The molecule has 2 fully saturated rings. The summed E-state index contributed by atoms with van der Waals surface area (Å²) in [6.07, 6.45) is 6.27. The topological polar surface area (TPSA) is 46.2 Å². The lowest BCUT2D eigenvalue weighted by atomic mass is 9.87. The van der Waals surface area contributed by atoms with E-state index in [1.165, 1.54) is 12.0 Å². The number of amides is 1. The largest absolute Gasteiger partial charge is 0.318 e. The van der Waals surface area contributed by atoms with Gasteiger partial charge in [0.05, 0.1) is 5.70 Å². The Hall–Kier alpha value is -1.64. The van der Waals surface area contributed by atoms with Gasteiger partial charge in [0.15, 0.2) is 0 Å². The predicted molar refractivity (Wildman–Crippen MR) is 61.5 cm³/mol. The van der Waals surface area contributed by atoms with E-state index in [0.29, 0.717) is 11.3 Å². The van der Waals surface area contributed by atoms with Crippen LogP contribution in [0, 0.1) is 0 Å². The van der Waals surface area contributed by atoms with Crippen LogP contribution >= 0.6 is 0 Å². The van der Waals surface area contributed by atoms with Gasteiger partial charge in [-0.3, -0.25) is 9.59 Å². The maximum atomic E-state index is 11.4. The monoisotopic (exact) mass is 217 g/mol. The zero-order chi connectivity index (χ0) is 11.7. The summed E-state index contributed by atoms with van der Waals surface area (Å²) in [5.41, 5.74) is 3.30. The van der Waals surface area contributed by atoms with Gasteiger partial charge in [0.25, 0.3) is 11.7 Å². The number of ketones is 1. The quantitative estimate of drug-likeness (QED) is 0.498. The molecule has 0 unspecified atom stereocenters. The van der Waals surface area contributed by atoms with Crippen LogP contribution in [0.3, 0.4) is 0 Å². The van der Waals surface area contributed by atoms with Crippen molar-refractivity contribution in [3.05, 3.63) is 35.1 Å². The third-order valence-electron chi connectivity index (χ3n) is 3.18. The SMILES string of the molecule is C=C1C(=O)C(=O)N/C1=C1\CCCC\C1=C\C. The fourth-order valence-corrected chi connectivity index (χ4v) is 2.29. The predicted octanol–water partition coefficient (Wildman–Crippen LogP) is 2.02. The normalized spacial score (nSPS) is 28.8. The number of Topliss-reactive ketones (excluding diaryl/α,β-unsaturated/α-hetero) is 1. The van der Waals surface area contributed by atoms with Crippen molar-refractivity contribution in [3.63, 3.8) is 0 Å². The highest BCUT2D eigenvalue weighted by Crippen LogP contribution is 2.33. The van der Waals surface area contributed by atoms with Gasteiger partial charge in [-0.15, -0.1) is 0 Å². The molecule has 0 radical (unpaired) electrons. The lowest BCUT2D eigenvalue weighted by Gasteiger charge is -2.20. The maximum Gasteiger partial charge on any atom is 0.296 e. The summed E-state index contributed by atoms with van der Waals surface area (Å²) in [7, 11) is 0. The van der Waals surface area contributed by atoms with Gasteiger partial charge in [-0.2, -0.15) is 0 Å². The summed E-state index contributed by atoms with van der Waals surface area (Å²) in [5, 5.41) is 2.64. The van der Waals surface area contributed by atoms with E-state index in [1.54, 1.807) is 0 Å². The molecule has 3 nitrogen and oxygen atoms in total. The molecule has 0 bridgehead atoms. The Morgan fingerprint density at radius 2 is 1.94 bits per heavy atom. The summed E-state index contributed by atoms with van der Waals surface area (Å²) in [5.74, 6) is -1.04. The molecule has 1 saturated carbocycles. The maximum absolute atomic E-state index is 11.4. The van der Waals surface area contributed by atoms with Gasteiger partial charge in [-0.25, -0.2) is 0 Å². The van der Waals surface area contributed by atoms with E-state index in [4.69, 9.17) is 0 Å². The first-order valence-corrected chi connectivity index (χ1v) is 5.58. The van der Waals surface area contributed by atoms with Crippen molar-refractivity contribution in [1.82, 2.24) is 5.32 Å². The molecule has 0 atom stereocenters. The third kappa shape index (κ3) is 1.62. The Bertz CT molecular complexity index is 441. The molecule has 2 rings (SSSR count). The Labute approximate surface area is 94.9 Å². The summed E-state index contributed by atoms with van der Waals surface area (Å²) in [6, 6.07) is 0. The second kappa shape index (κ2) is 4.08. The molecule has 3 heteroatoms. The van der Waals surface area contributed by atoms with Gasteiger partial charge in [-0.1, -0.05) is 12.7 Å². The number of carbonyl (C=O) groups excluding carboxylic acids is 2. The van der Waals surface area contributed by atoms with E-state index in [0.717, 1.165) is 24.8 Å². The smallest absolute Gasteiger partial charge is 0.296 e. The molecule has 1 heterocycles. The van der Waals surface area contributed by atoms with Gasteiger partial charge >= 0.3 is 0 Å². The van der Waals surface area contributed by atoms with E-state index in [-0.39, 0.29) is 0 Å². The van der Waals surface area contributed by atoms with Crippen LogP contribution in [0.4, 0.5) is 0 Å². The average Bonchev–Trinajstić information content (AvgIpc) is 2.57. The highest BCUT2D eigenvalue weighted by atomic mass is 16.2. The van der Waals surface area contributed by atoms with E-state index in [2.05, 4.69) is 18.0 Å². The molecule has 0 aromatic rings. The molecule has 16 heavy (non-hydrogen) atoms. The molecule has 2 aliphatic rings. The number of carbonyl (C=O) groups is 2. The molecule has 1 amide bonds. The standard InChI is InChI=1S/C13H15NO2/c1-3-9-6-4-5-7-10(9)11-8(2)12(15)13(16)14-11/h3H,2,4-7H2,1H3,(H,14,16)/b9-3-,11-10+. The van der Waals surface area contributed by atoms with Gasteiger partial charge in [0, 0.05) is 5.57 Å². The lowest BCUT2D eigenvalue weighted by Crippen LogP contribution is -2.19. The summed E-state index contributed by atoms with van der Waals surface area (Å²) in [4.78, 5) is 22.6. The van der Waals surface area contributed by atoms with E-state index in [9.17, 15) is 9.59 Å². The number of rotatable bonds is 0. The van der Waals surface area contributed by atoms with Crippen molar-refractivity contribution in [2.24, 2.45) is 0 Å². The second-order valence-corrected chi connectivity index (χ2v) is 4.14. The van der Waals surface area contributed by atoms with Crippen LogP contribution in [-0.2, 0) is 9.59 Å². The van der Waals surface area contributed by atoms with Crippen LogP contribution in [0.1, 0.15) is 32.6 Å². The zero-order valence-corrected chi connectivity index (χ0v) is 9.43. The molecule has 0 spiro atoms. The summed E-state index contributed by atoms with van der Waals surface area (Å²) < 4.78 is 0. The van der Waals surface area contributed by atoms with Gasteiger partial charge in [0.1, 0.15) is 0 Å². The molecular weight excluding hydrogens is 202 g/mol. The highest BCUT2D eigenvalue weighted by Gasteiger charge is 2.32. The first kappa shape index (κ1) is 10.9. The molecule has 1 aliphatic heterocycles. The minimum absolute atomic E-state index is 0.321. The van der Waals surface area contributed by atoms with Gasteiger partial charge in [0.2, 0.25) is 0 Å². The first-order valence-electron chi connectivity index (χ1n) is 5.58. The summed E-state index contributed by atoms with van der Waals surface area (Å²) >= 11 is 0. The summed E-state index contributed by atoms with van der Waals surface area (Å²) in [6.45, 7) is 5.68. The second-order valence-electron chi connectivity index (χ2n) is 4.14. The molecule has 1 saturated heterocycles. The van der Waals surface area contributed by atoms with E-state index in [1.807, 2.05) is 6.92 Å². The van der Waals surface area contributed by atoms with E-state index >= 15 is 0 Å². The van der Waals surface area contributed by atoms with Crippen molar-refractivity contribution < 1.29 is 9.59 Å². The first-order chi connectivity index (χ1) is 7.65. The van der Waals surface area contributed by atoms with Crippen molar-refractivity contribution in [2.45, 2.75) is 32.6 Å². The number of nitrogens with one attached hydrogen (secondary N) is 1.